The molecule has 1 rings (SSSR count). The van der Waals surface area contributed by atoms with E-state index in [9.17, 15) is 5.11 Å². The van der Waals surface area contributed by atoms with Crippen molar-refractivity contribution < 1.29 is 14.3 Å². The van der Waals surface area contributed by atoms with Gasteiger partial charge in [0.2, 0.25) is 0 Å². The Bertz CT molecular complexity index is 489. The molecule has 4 heteroatoms. The fourth-order valence-corrected chi connectivity index (χ4v) is 3.04. The predicted octanol–water partition coefficient (Wildman–Crippen LogP) is 4.31. The molecule has 0 amide bonds. The smallest absolute Gasteiger partial charge is 0.193 e. The molecule has 0 saturated heterocycles. The lowest BCUT2D eigenvalue weighted by Crippen LogP contribution is -2.42. The van der Waals surface area contributed by atoms with Gasteiger partial charge in [-0.05, 0) is 29.8 Å². The maximum atomic E-state index is 9.52. The second kappa shape index (κ2) is 6.77. The van der Waals surface area contributed by atoms with E-state index in [1.165, 1.54) is 0 Å². The summed E-state index contributed by atoms with van der Waals surface area (Å²) in [7, 11) is -0.350. The summed E-state index contributed by atoms with van der Waals surface area (Å²) in [6.45, 7) is 14.9. The van der Waals surface area contributed by atoms with Gasteiger partial charge in [-0.3, -0.25) is 0 Å². The van der Waals surface area contributed by atoms with Crippen molar-refractivity contribution in [3.63, 3.8) is 0 Å². The van der Waals surface area contributed by atoms with Crippen molar-refractivity contribution in [2.75, 3.05) is 13.7 Å². The van der Waals surface area contributed by atoms with E-state index in [0.29, 0.717) is 5.57 Å². The molecule has 1 aromatic rings. The summed E-state index contributed by atoms with van der Waals surface area (Å²) in [6, 6.07) is 7.75. The normalized spacial score (nSPS) is 13.9. The lowest BCUT2D eigenvalue weighted by Gasteiger charge is -2.40. The summed E-state index contributed by atoms with van der Waals surface area (Å²) < 4.78 is 11.9. The zero-order valence-electron chi connectivity index (χ0n) is 14.1. The topological polar surface area (TPSA) is 38.7 Å². The van der Waals surface area contributed by atoms with Crippen LogP contribution in [0.2, 0.25) is 18.1 Å². The molecule has 0 saturated carbocycles. The quantitative estimate of drug-likeness (QED) is 0.629. The van der Waals surface area contributed by atoms with Crippen LogP contribution in [0.25, 0.3) is 0 Å². The first kappa shape index (κ1) is 17.9. The molecule has 0 aliphatic rings. The molecule has 0 fully saturated rings. The molecule has 0 bridgehead atoms. The standard InChI is InChI=1S/C17H28O3Si/c1-13(12-18)16(20-21(6,7)17(2,3)4)14-10-8-9-11-15(14)19-5/h8-11,16,18H,1,12H2,2-7H3. The van der Waals surface area contributed by atoms with Gasteiger partial charge in [-0.15, -0.1) is 0 Å². The van der Waals surface area contributed by atoms with Gasteiger partial charge in [0.05, 0.1) is 19.8 Å². The van der Waals surface area contributed by atoms with Crippen LogP contribution in [-0.4, -0.2) is 27.1 Å². The Hall–Kier alpha value is -1.10. The number of hydrogen-bond acceptors (Lipinski definition) is 3. The zero-order valence-corrected chi connectivity index (χ0v) is 15.1. The second-order valence-electron chi connectivity index (χ2n) is 6.82. The van der Waals surface area contributed by atoms with Crippen molar-refractivity contribution in [3.05, 3.63) is 42.0 Å². The van der Waals surface area contributed by atoms with Gasteiger partial charge in [0, 0.05) is 5.56 Å². The number of para-hydroxylation sites is 1. The first-order valence-electron chi connectivity index (χ1n) is 7.23. The highest BCUT2D eigenvalue weighted by atomic mass is 28.4. The van der Waals surface area contributed by atoms with Crippen molar-refractivity contribution in [3.8, 4) is 5.75 Å². The number of hydrogen-bond donors (Lipinski definition) is 1. The number of aliphatic hydroxyl groups is 1. The summed E-state index contributed by atoms with van der Waals surface area (Å²) in [6.07, 6.45) is -0.341. The van der Waals surface area contributed by atoms with Gasteiger partial charge in [-0.2, -0.15) is 0 Å². The SMILES string of the molecule is C=C(CO)C(O[Si](C)(C)C(C)(C)C)c1ccccc1OC. The summed E-state index contributed by atoms with van der Waals surface area (Å²) >= 11 is 0. The third-order valence-electron chi connectivity index (χ3n) is 4.21. The van der Waals surface area contributed by atoms with Crippen LogP contribution >= 0.6 is 0 Å². The maximum absolute atomic E-state index is 9.52. The molecule has 0 aliphatic heterocycles. The van der Waals surface area contributed by atoms with Crippen LogP contribution in [-0.2, 0) is 4.43 Å². The predicted molar refractivity (Wildman–Crippen MR) is 90.2 cm³/mol. The van der Waals surface area contributed by atoms with Crippen molar-refractivity contribution in [2.45, 2.75) is 45.0 Å². The first-order valence-corrected chi connectivity index (χ1v) is 10.1. The van der Waals surface area contributed by atoms with Crippen LogP contribution in [0.1, 0.15) is 32.4 Å². The summed E-state index contributed by atoms with van der Waals surface area (Å²) in [5.41, 5.74) is 1.58. The average molecular weight is 308 g/mol. The molecule has 1 atom stereocenters. The molecule has 0 radical (unpaired) electrons. The maximum Gasteiger partial charge on any atom is 0.193 e. The molecule has 0 aliphatic carbocycles. The molecule has 118 valence electrons. The molecular formula is C17H28O3Si. The fraction of sp³-hybridized carbons (Fsp3) is 0.529. The van der Waals surface area contributed by atoms with Crippen molar-refractivity contribution in [1.82, 2.24) is 0 Å². The van der Waals surface area contributed by atoms with Crippen molar-refractivity contribution in [1.29, 1.82) is 0 Å². The minimum atomic E-state index is -1.99. The Morgan fingerprint density at radius 2 is 1.86 bits per heavy atom. The molecule has 0 heterocycles. The second-order valence-corrected chi connectivity index (χ2v) is 11.6. The number of aliphatic hydroxyl groups excluding tert-OH is 1. The van der Waals surface area contributed by atoms with Crippen LogP contribution < -0.4 is 4.74 Å². The lowest BCUT2D eigenvalue weighted by molar-refractivity contribution is 0.191. The van der Waals surface area contributed by atoms with E-state index in [2.05, 4.69) is 40.4 Å². The van der Waals surface area contributed by atoms with E-state index < -0.39 is 8.32 Å². The minimum Gasteiger partial charge on any atom is -0.496 e. The Kier molecular flexibility index (Phi) is 5.79. The van der Waals surface area contributed by atoms with Crippen LogP contribution in [0.15, 0.2) is 36.4 Å². The van der Waals surface area contributed by atoms with Crippen LogP contribution in [0.5, 0.6) is 5.75 Å². The highest BCUT2D eigenvalue weighted by Gasteiger charge is 2.40. The Morgan fingerprint density at radius 1 is 1.29 bits per heavy atom. The molecule has 1 aromatic carbocycles. The van der Waals surface area contributed by atoms with Crippen molar-refractivity contribution >= 4 is 8.32 Å². The minimum absolute atomic E-state index is 0.0863. The van der Waals surface area contributed by atoms with Gasteiger partial charge in [0.25, 0.3) is 0 Å². The Morgan fingerprint density at radius 3 is 2.33 bits per heavy atom. The van der Waals surface area contributed by atoms with Gasteiger partial charge in [0.15, 0.2) is 8.32 Å². The molecule has 1 unspecified atom stereocenters. The van der Waals surface area contributed by atoms with Gasteiger partial charge in [-0.25, -0.2) is 0 Å². The van der Waals surface area contributed by atoms with Crippen LogP contribution in [0.3, 0.4) is 0 Å². The number of methoxy groups -OCH3 is 1. The molecule has 0 aromatic heterocycles. The first-order chi connectivity index (χ1) is 9.64. The summed E-state index contributed by atoms with van der Waals surface area (Å²) in [5.74, 6) is 0.760. The lowest BCUT2D eigenvalue weighted by atomic mass is 10.0. The number of benzene rings is 1. The largest absolute Gasteiger partial charge is 0.496 e. The van der Waals surface area contributed by atoms with Crippen LogP contribution in [0, 0.1) is 0 Å². The van der Waals surface area contributed by atoms with E-state index in [0.717, 1.165) is 11.3 Å². The van der Waals surface area contributed by atoms with Gasteiger partial charge < -0.3 is 14.3 Å². The monoisotopic (exact) mass is 308 g/mol. The van der Waals surface area contributed by atoms with Crippen molar-refractivity contribution in [2.24, 2.45) is 0 Å². The third kappa shape index (κ3) is 4.19. The number of rotatable bonds is 6. The van der Waals surface area contributed by atoms with Gasteiger partial charge in [-0.1, -0.05) is 45.5 Å². The Balaban J connectivity index is 3.22. The fourth-order valence-electron chi connectivity index (χ4n) is 1.80. The van der Waals surface area contributed by atoms with Gasteiger partial charge in [0.1, 0.15) is 5.75 Å². The Labute approximate surface area is 129 Å². The molecule has 3 nitrogen and oxygen atoms in total. The zero-order chi connectivity index (χ0) is 16.3. The summed E-state index contributed by atoms with van der Waals surface area (Å²) in [4.78, 5) is 0. The third-order valence-corrected chi connectivity index (χ3v) is 8.65. The van der Waals surface area contributed by atoms with E-state index in [4.69, 9.17) is 9.16 Å². The van der Waals surface area contributed by atoms with Gasteiger partial charge >= 0.3 is 0 Å². The van der Waals surface area contributed by atoms with E-state index in [1.54, 1.807) is 7.11 Å². The van der Waals surface area contributed by atoms with Crippen LogP contribution in [0.4, 0.5) is 0 Å². The van der Waals surface area contributed by atoms with E-state index in [1.807, 2.05) is 24.3 Å². The van der Waals surface area contributed by atoms with E-state index >= 15 is 0 Å². The highest BCUT2D eigenvalue weighted by Crippen LogP contribution is 2.42. The molecular weight excluding hydrogens is 280 g/mol. The molecule has 0 spiro atoms. The molecule has 21 heavy (non-hydrogen) atoms. The highest BCUT2D eigenvalue weighted by molar-refractivity contribution is 6.74. The summed E-state index contributed by atoms with van der Waals surface area (Å²) in [5, 5.41) is 9.61. The number of ether oxygens (including phenoxy) is 1. The average Bonchev–Trinajstić information content (AvgIpc) is 2.42. The van der Waals surface area contributed by atoms with E-state index in [-0.39, 0.29) is 17.7 Å². The molecule has 1 N–H and O–H groups in total.